The van der Waals surface area contributed by atoms with Crippen LogP contribution >= 0.6 is 22.9 Å². The van der Waals surface area contributed by atoms with Gasteiger partial charge in [0.1, 0.15) is 5.75 Å². The Morgan fingerprint density at radius 1 is 1.46 bits per heavy atom. The first kappa shape index (κ1) is 8.66. The Balaban J connectivity index is 2.80. The maximum Gasteiger partial charge on any atom is 0.133 e. The Hall–Kier alpha value is -0.930. The second-order valence-corrected chi connectivity index (χ2v) is 3.96. The molecule has 0 atom stereocenters. The number of hydrogen-bond donors (Lipinski definition) is 2. The van der Waals surface area contributed by atoms with Crippen molar-refractivity contribution in [2.45, 2.75) is 5.88 Å². The average Bonchev–Trinajstić information content (AvgIpc) is 2.48. The second kappa shape index (κ2) is 3.09. The summed E-state index contributed by atoms with van der Waals surface area (Å²) in [4.78, 5) is 0. The van der Waals surface area contributed by atoms with E-state index in [1.54, 1.807) is 6.07 Å². The molecule has 68 valence electrons. The molecule has 0 unspecified atom stereocenters. The van der Waals surface area contributed by atoms with Crippen molar-refractivity contribution in [3.05, 3.63) is 23.1 Å². The standard InChI is InChI=1S/C9H8ClNOS/c10-3-5-1-6-7(11)4-13-9(6)8(12)2-5/h1-2,4,12H,3,11H2. The number of benzene rings is 1. The zero-order chi connectivity index (χ0) is 9.42. The summed E-state index contributed by atoms with van der Waals surface area (Å²) < 4.78 is 0.825. The second-order valence-electron chi connectivity index (χ2n) is 2.82. The van der Waals surface area contributed by atoms with Gasteiger partial charge in [0, 0.05) is 16.6 Å². The molecule has 2 rings (SSSR count). The molecule has 2 aromatic rings. The highest BCUT2D eigenvalue weighted by Crippen LogP contribution is 2.36. The van der Waals surface area contributed by atoms with Crippen LogP contribution in [0.1, 0.15) is 5.56 Å². The van der Waals surface area contributed by atoms with Crippen LogP contribution in [0.25, 0.3) is 10.1 Å². The minimum atomic E-state index is 0.259. The number of phenols is 1. The third-order valence-corrected chi connectivity index (χ3v) is 3.24. The van der Waals surface area contributed by atoms with Crippen LogP contribution in [0.4, 0.5) is 5.69 Å². The monoisotopic (exact) mass is 213 g/mol. The van der Waals surface area contributed by atoms with Gasteiger partial charge in [-0.05, 0) is 17.7 Å². The van der Waals surface area contributed by atoms with Crippen LogP contribution in [0.2, 0.25) is 0 Å². The molecule has 0 aliphatic carbocycles. The quantitative estimate of drug-likeness (QED) is 0.716. The number of anilines is 1. The van der Waals surface area contributed by atoms with Crippen LogP contribution < -0.4 is 5.73 Å². The van der Waals surface area contributed by atoms with Gasteiger partial charge in [-0.25, -0.2) is 0 Å². The lowest BCUT2D eigenvalue weighted by atomic mass is 10.1. The van der Waals surface area contributed by atoms with E-state index in [4.69, 9.17) is 17.3 Å². The van der Waals surface area contributed by atoms with E-state index in [0.717, 1.165) is 15.6 Å². The Labute approximate surface area is 84.6 Å². The molecular formula is C9H8ClNOS. The molecule has 1 aromatic carbocycles. The van der Waals surface area contributed by atoms with Gasteiger partial charge < -0.3 is 10.8 Å². The molecule has 0 fully saturated rings. The van der Waals surface area contributed by atoms with E-state index in [0.29, 0.717) is 11.6 Å². The molecule has 4 heteroatoms. The Bertz CT molecular complexity index is 452. The Morgan fingerprint density at radius 3 is 2.92 bits per heavy atom. The summed E-state index contributed by atoms with van der Waals surface area (Å²) in [5.41, 5.74) is 7.31. The minimum absolute atomic E-state index is 0.259. The molecule has 13 heavy (non-hydrogen) atoms. The molecule has 0 spiro atoms. The molecular weight excluding hydrogens is 206 g/mol. The first-order valence-corrected chi connectivity index (χ1v) is 5.18. The number of nitrogen functional groups attached to an aromatic ring is 1. The summed E-state index contributed by atoms with van der Waals surface area (Å²) in [6.07, 6.45) is 0. The lowest BCUT2D eigenvalue weighted by Gasteiger charge is -1.99. The number of fused-ring (bicyclic) bond motifs is 1. The van der Waals surface area contributed by atoms with Crippen molar-refractivity contribution in [1.82, 2.24) is 0 Å². The van der Waals surface area contributed by atoms with Crippen molar-refractivity contribution >= 4 is 38.7 Å². The van der Waals surface area contributed by atoms with Crippen molar-refractivity contribution in [3.63, 3.8) is 0 Å². The van der Waals surface area contributed by atoms with E-state index in [1.165, 1.54) is 11.3 Å². The van der Waals surface area contributed by atoms with E-state index in [9.17, 15) is 5.11 Å². The number of aromatic hydroxyl groups is 1. The van der Waals surface area contributed by atoms with Crippen LogP contribution in [0.5, 0.6) is 5.75 Å². The topological polar surface area (TPSA) is 46.2 Å². The van der Waals surface area contributed by atoms with Gasteiger partial charge in [0.05, 0.1) is 10.4 Å². The van der Waals surface area contributed by atoms with Crippen molar-refractivity contribution in [1.29, 1.82) is 0 Å². The SMILES string of the molecule is Nc1csc2c(O)cc(CCl)cc12. The van der Waals surface area contributed by atoms with Crippen LogP contribution in [-0.2, 0) is 5.88 Å². The van der Waals surface area contributed by atoms with Gasteiger partial charge in [0.2, 0.25) is 0 Å². The first-order chi connectivity index (χ1) is 6.22. The number of phenolic OH excluding ortho intramolecular Hbond substituents is 1. The molecule has 0 bridgehead atoms. The number of thiophene rings is 1. The van der Waals surface area contributed by atoms with Crippen molar-refractivity contribution in [3.8, 4) is 5.75 Å². The van der Waals surface area contributed by atoms with Gasteiger partial charge in [-0.15, -0.1) is 22.9 Å². The van der Waals surface area contributed by atoms with Crippen molar-refractivity contribution < 1.29 is 5.11 Å². The van der Waals surface area contributed by atoms with E-state index < -0.39 is 0 Å². The van der Waals surface area contributed by atoms with Gasteiger partial charge in [0.25, 0.3) is 0 Å². The van der Waals surface area contributed by atoms with Gasteiger partial charge in [-0.2, -0.15) is 0 Å². The molecule has 0 aliphatic heterocycles. The molecule has 2 nitrogen and oxygen atoms in total. The lowest BCUT2D eigenvalue weighted by molar-refractivity contribution is 0.482. The van der Waals surface area contributed by atoms with Crippen LogP contribution in [-0.4, -0.2) is 5.11 Å². The fourth-order valence-electron chi connectivity index (χ4n) is 1.27. The molecule has 0 saturated carbocycles. The molecule has 0 aliphatic rings. The molecule has 1 aromatic heterocycles. The molecule has 0 radical (unpaired) electrons. The fourth-order valence-corrected chi connectivity index (χ4v) is 2.28. The Kier molecular flexibility index (Phi) is 2.06. The summed E-state index contributed by atoms with van der Waals surface area (Å²) >= 11 is 7.11. The maximum absolute atomic E-state index is 9.59. The molecule has 1 heterocycles. The lowest BCUT2D eigenvalue weighted by Crippen LogP contribution is -1.82. The predicted molar refractivity (Wildman–Crippen MR) is 57.5 cm³/mol. The van der Waals surface area contributed by atoms with Crippen LogP contribution in [0, 0.1) is 0 Å². The largest absolute Gasteiger partial charge is 0.506 e. The normalized spacial score (nSPS) is 10.8. The minimum Gasteiger partial charge on any atom is -0.506 e. The summed E-state index contributed by atoms with van der Waals surface area (Å²) in [7, 11) is 0. The zero-order valence-corrected chi connectivity index (χ0v) is 8.32. The number of rotatable bonds is 1. The third kappa shape index (κ3) is 1.34. The maximum atomic E-state index is 9.59. The van der Waals surface area contributed by atoms with Gasteiger partial charge >= 0.3 is 0 Å². The number of nitrogens with two attached hydrogens (primary N) is 1. The van der Waals surface area contributed by atoms with E-state index in [-0.39, 0.29) is 5.75 Å². The first-order valence-electron chi connectivity index (χ1n) is 3.77. The van der Waals surface area contributed by atoms with Crippen molar-refractivity contribution in [2.75, 3.05) is 5.73 Å². The predicted octanol–water partition coefficient (Wildman–Crippen LogP) is 2.93. The van der Waals surface area contributed by atoms with E-state index in [1.807, 2.05) is 11.4 Å². The smallest absolute Gasteiger partial charge is 0.133 e. The van der Waals surface area contributed by atoms with Crippen LogP contribution in [0.3, 0.4) is 0 Å². The molecule has 0 amide bonds. The number of halogens is 1. The van der Waals surface area contributed by atoms with Gasteiger partial charge in [0.15, 0.2) is 0 Å². The summed E-state index contributed by atoms with van der Waals surface area (Å²) in [6.45, 7) is 0. The van der Waals surface area contributed by atoms with E-state index in [2.05, 4.69) is 0 Å². The van der Waals surface area contributed by atoms with Crippen molar-refractivity contribution in [2.24, 2.45) is 0 Å². The third-order valence-electron chi connectivity index (χ3n) is 1.90. The summed E-state index contributed by atoms with van der Waals surface area (Å²) in [6, 6.07) is 3.58. The average molecular weight is 214 g/mol. The molecule has 0 saturated heterocycles. The van der Waals surface area contributed by atoms with Gasteiger partial charge in [-0.1, -0.05) is 0 Å². The fraction of sp³-hybridized carbons (Fsp3) is 0.111. The van der Waals surface area contributed by atoms with E-state index >= 15 is 0 Å². The van der Waals surface area contributed by atoms with Crippen LogP contribution in [0.15, 0.2) is 17.5 Å². The Morgan fingerprint density at radius 2 is 2.23 bits per heavy atom. The summed E-state index contributed by atoms with van der Waals surface area (Å²) in [5, 5.41) is 12.3. The highest BCUT2D eigenvalue weighted by Gasteiger charge is 2.06. The number of alkyl halides is 1. The highest BCUT2D eigenvalue weighted by molar-refractivity contribution is 7.18. The van der Waals surface area contributed by atoms with Gasteiger partial charge in [-0.3, -0.25) is 0 Å². The highest BCUT2D eigenvalue weighted by atomic mass is 35.5. The zero-order valence-electron chi connectivity index (χ0n) is 6.75. The molecule has 3 N–H and O–H groups in total. The summed E-state index contributed by atoms with van der Waals surface area (Å²) in [5.74, 6) is 0.647. The number of hydrogen-bond acceptors (Lipinski definition) is 3.